The van der Waals surface area contributed by atoms with E-state index in [9.17, 15) is 9.18 Å². The van der Waals surface area contributed by atoms with Gasteiger partial charge in [0.15, 0.2) is 0 Å². The van der Waals surface area contributed by atoms with Gasteiger partial charge < -0.3 is 9.64 Å². The maximum absolute atomic E-state index is 13.0. The predicted octanol–water partition coefficient (Wildman–Crippen LogP) is 3.08. The van der Waals surface area contributed by atoms with Crippen molar-refractivity contribution in [3.8, 4) is 5.75 Å². The standard InChI is InChI=1S/C20H21FN2O2/c21-16-6-3-14(4-7-16)10-20(24)23-12-15-5-8-19(18(15)13-23)25-17-2-1-9-22-11-17/h1-4,6-7,9,11,15,18-19H,5,8,10,12-13H2/t15-,18+,19-/m1/s1. The molecular weight excluding hydrogens is 319 g/mol. The molecule has 1 aliphatic heterocycles. The highest BCUT2D eigenvalue weighted by atomic mass is 19.1. The molecule has 1 saturated carbocycles. The lowest BCUT2D eigenvalue weighted by Crippen LogP contribution is -2.33. The zero-order valence-electron chi connectivity index (χ0n) is 14.0. The third-order valence-electron chi connectivity index (χ3n) is 5.33. The Morgan fingerprint density at radius 2 is 2.04 bits per heavy atom. The first-order valence-corrected chi connectivity index (χ1v) is 8.78. The van der Waals surface area contributed by atoms with Crippen LogP contribution in [0.2, 0.25) is 0 Å². The lowest BCUT2D eigenvalue weighted by Gasteiger charge is -2.22. The molecule has 0 spiro atoms. The molecule has 2 aromatic rings. The van der Waals surface area contributed by atoms with Gasteiger partial charge in [0.1, 0.15) is 17.7 Å². The van der Waals surface area contributed by atoms with Gasteiger partial charge in [0.2, 0.25) is 5.91 Å². The summed E-state index contributed by atoms with van der Waals surface area (Å²) in [4.78, 5) is 18.6. The molecule has 130 valence electrons. The maximum atomic E-state index is 13.0. The Hall–Kier alpha value is -2.43. The highest BCUT2D eigenvalue weighted by molar-refractivity contribution is 5.79. The molecule has 1 saturated heterocycles. The van der Waals surface area contributed by atoms with E-state index in [2.05, 4.69) is 4.98 Å². The van der Waals surface area contributed by atoms with Crippen LogP contribution in [0, 0.1) is 17.7 Å². The summed E-state index contributed by atoms with van der Waals surface area (Å²) in [6.07, 6.45) is 6.07. The Bertz CT molecular complexity index is 735. The van der Waals surface area contributed by atoms with Gasteiger partial charge in [-0.05, 0) is 48.6 Å². The van der Waals surface area contributed by atoms with E-state index in [1.165, 1.54) is 12.1 Å². The fourth-order valence-corrected chi connectivity index (χ4v) is 4.05. The molecule has 2 fully saturated rings. The van der Waals surface area contributed by atoms with Gasteiger partial charge in [0.05, 0.1) is 12.6 Å². The minimum Gasteiger partial charge on any atom is -0.488 e. The number of aromatic nitrogens is 1. The number of hydrogen-bond acceptors (Lipinski definition) is 3. The number of fused-ring (bicyclic) bond motifs is 1. The average Bonchev–Trinajstić information content (AvgIpc) is 3.20. The summed E-state index contributed by atoms with van der Waals surface area (Å²) in [5, 5.41) is 0. The molecule has 4 nitrogen and oxygen atoms in total. The molecule has 1 amide bonds. The fourth-order valence-electron chi connectivity index (χ4n) is 4.05. The summed E-state index contributed by atoms with van der Waals surface area (Å²) in [6.45, 7) is 1.55. The zero-order chi connectivity index (χ0) is 17.2. The summed E-state index contributed by atoms with van der Waals surface area (Å²) in [5.74, 6) is 1.53. The van der Waals surface area contributed by atoms with Crippen molar-refractivity contribution in [3.63, 3.8) is 0 Å². The number of ether oxygens (including phenoxy) is 1. The van der Waals surface area contributed by atoms with Gasteiger partial charge in [-0.15, -0.1) is 0 Å². The van der Waals surface area contributed by atoms with E-state index in [4.69, 9.17) is 4.74 Å². The molecule has 25 heavy (non-hydrogen) atoms. The molecule has 0 unspecified atom stereocenters. The summed E-state index contributed by atoms with van der Waals surface area (Å²) in [5.41, 5.74) is 0.853. The molecule has 0 N–H and O–H groups in total. The van der Waals surface area contributed by atoms with Gasteiger partial charge in [-0.2, -0.15) is 0 Å². The number of pyridine rings is 1. The normalized spacial score (nSPS) is 25.0. The molecule has 2 heterocycles. The van der Waals surface area contributed by atoms with E-state index in [1.807, 2.05) is 17.0 Å². The SMILES string of the molecule is O=C(Cc1ccc(F)cc1)N1C[C@H]2CC[C@@H](Oc3cccnc3)[C@H]2C1. The third-order valence-corrected chi connectivity index (χ3v) is 5.33. The van der Waals surface area contributed by atoms with Gasteiger partial charge in [0.25, 0.3) is 0 Å². The number of hydrogen-bond donors (Lipinski definition) is 0. The van der Waals surface area contributed by atoms with E-state index in [1.54, 1.807) is 24.5 Å². The van der Waals surface area contributed by atoms with Crippen LogP contribution in [0.15, 0.2) is 48.8 Å². The summed E-state index contributed by atoms with van der Waals surface area (Å²) < 4.78 is 19.1. The van der Waals surface area contributed by atoms with Crippen LogP contribution in [0.4, 0.5) is 4.39 Å². The molecule has 2 aliphatic rings. The largest absolute Gasteiger partial charge is 0.488 e. The molecule has 5 heteroatoms. The highest BCUT2D eigenvalue weighted by Gasteiger charge is 2.45. The summed E-state index contributed by atoms with van der Waals surface area (Å²) >= 11 is 0. The third kappa shape index (κ3) is 3.50. The van der Waals surface area contributed by atoms with Gasteiger partial charge >= 0.3 is 0 Å². The van der Waals surface area contributed by atoms with Crippen molar-refractivity contribution in [2.75, 3.05) is 13.1 Å². The smallest absolute Gasteiger partial charge is 0.227 e. The Balaban J connectivity index is 1.37. The molecule has 0 bridgehead atoms. The van der Waals surface area contributed by atoms with Crippen LogP contribution in [-0.4, -0.2) is 35.0 Å². The number of carbonyl (C=O) groups is 1. The number of nitrogens with zero attached hydrogens (tertiary/aromatic N) is 2. The van der Waals surface area contributed by atoms with E-state index >= 15 is 0 Å². The van der Waals surface area contributed by atoms with Crippen LogP contribution in [0.3, 0.4) is 0 Å². The topological polar surface area (TPSA) is 42.4 Å². The number of benzene rings is 1. The summed E-state index contributed by atoms with van der Waals surface area (Å²) in [7, 11) is 0. The first kappa shape index (κ1) is 16.1. The number of rotatable bonds is 4. The average molecular weight is 340 g/mol. The minimum atomic E-state index is -0.276. The summed E-state index contributed by atoms with van der Waals surface area (Å²) in [6, 6.07) is 9.96. The predicted molar refractivity (Wildman–Crippen MR) is 91.6 cm³/mol. The quantitative estimate of drug-likeness (QED) is 0.859. The van der Waals surface area contributed by atoms with Crippen LogP contribution >= 0.6 is 0 Å². The molecule has 3 atom stereocenters. The van der Waals surface area contributed by atoms with Gasteiger partial charge in [-0.25, -0.2) is 4.39 Å². The fraction of sp³-hybridized carbons (Fsp3) is 0.400. The van der Waals surface area contributed by atoms with Crippen molar-refractivity contribution in [2.24, 2.45) is 11.8 Å². The van der Waals surface area contributed by atoms with Crippen molar-refractivity contribution in [2.45, 2.75) is 25.4 Å². The van der Waals surface area contributed by atoms with E-state index < -0.39 is 0 Å². The molecule has 1 aliphatic carbocycles. The molecule has 4 rings (SSSR count). The van der Waals surface area contributed by atoms with Crippen LogP contribution in [0.1, 0.15) is 18.4 Å². The van der Waals surface area contributed by atoms with E-state index in [0.29, 0.717) is 18.3 Å². The van der Waals surface area contributed by atoms with Crippen molar-refractivity contribution in [1.29, 1.82) is 0 Å². The molecule has 0 radical (unpaired) electrons. The van der Waals surface area contributed by atoms with Crippen molar-refractivity contribution in [1.82, 2.24) is 9.88 Å². The first-order chi connectivity index (χ1) is 12.2. The number of likely N-dealkylation sites (tertiary alicyclic amines) is 1. The van der Waals surface area contributed by atoms with E-state index in [0.717, 1.165) is 37.2 Å². The second-order valence-electron chi connectivity index (χ2n) is 6.95. The van der Waals surface area contributed by atoms with Gasteiger partial charge in [0, 0.05) is 25.2 Å². The number of carbonyl (C=O) groups excluding carboxylic acids is 1. The second-order valence-corrected chi connectivity index (χ2v) is 6.95. The van der Waals surface area contributed by atoms with Gasteiger partial charge in [-0.3, -0.25) is 9.78 Å². The Labute approximate surface area is 146 Å². The first-order valence-electron chi connectivity index (χ1n) is 8.78. The van der Waals surface area contributed by atoms with Crippen LogP contribution in [-0.2, 0) is 11.2 Å². The maximum Gasteiger partial charge on any atom is 0.227 e. The van der Waals surface area contributed by atoms with Crippen LogP contribution in [0.5, 0.6) is 5.75 Å². The van der Waals surface area contributed by atoms with Crippen molar-refractivity contribution >= 4 is 5.91 Å². The Morgan fingerprint density at radius 1 is 1.20 bits per heavy atom. The molecular formula is C20H21FN2O2. The lowest BCUT2D eigenvalue weighted by molar-refractivity contribution is -0.129. The van der Waals surface area contributed by atoms with Gasteiger partial charge in [-0.1, -0.05) is 12.1 Å². The minimum absolute atomic E-state index is 0.112. The number of amides is 1. The monoisotopic (exact) mass is 340 g/mol. The van der Waals surface area contributed by atoms with Crippen molar-refractivity contribution < 1.29 is 13.9 Å². The lowest BCUT2D eigenvalue weighted by atomic mass is 9.99. The highest BCUT2D eigenvalue weighted by Crippen LogP contribution is 2.40. The Morgan fingerprint density at radius 3 is 2.80 bits per heavy atom. The molecule has 1 aromatic heterocycles. The molecule has 1 aromatic carbocycles. The van der Waals surface area contributed by atoms with Crippen LogP contribution < -0.4 is 4.74 Å². The van der Waals surface area contributed by atoms with Crippen molar-refractivity contribution in [3.05, 3.63) is 60.2 Å². The zero-order valence-corrected chi connectivity index (χ0v) is 14.0. The second kappa shape index (κ2) is 6.82. The van der Waals surface area contributed by atoms with Crippen LogP contribution in [0.25, 0.3) is 0 Å². The number of halogens is 1. The Kier molecular flexibility index (Phi) is 4.38. The van der Waals surface area contributed by atoms with E-state index in [-0.39, 0.29) is 17.8 Å².